The molecule has 4 unspecified atom stereocenters. The summed E-state index contributed by atoms with van der Waals surface area (Å²) in [5.41, 5.74) is 17.7. The average Bonchev–Trinajstić information content (AvgIpc) is 3.30. The molecule has 12 heteroatoms. The summed E-state index contributed by atoms with van der Waals surface area (Å²) in [6, 6.07) is 5.63. The summed E-state index contributed by atoms with van der Waals surface area (Å²) >= 11 is 0. The number of hydrogen-bond donors (Lipinski definition) is 6. The van der Waals surface area contributed by atoms with E-state index in [4.69, 9.17) is 22.3 Å². The summed E-state index contributed by atoms with van der Waals surface area (Å²) in [5, 5.41) is 14.1. The van der Waals surface area contributed by atoms with Gasteiger partial charge in [0.15, 0.2) is 5.96 Å². The molecule has 0 radical (unpaired) electrons. The van der Waals surface area contributed by atoms with Gasteiger partial charge in [-0.05, 0) is 44.6 Å². The van der Waals surface area contributed by atoms with E-state index in [2.05, 4.69) is 15.6 Å². The molecule has 35 heavy (non-hydrogen) atoms. The van der Waals surface area contributed by atoms with Gasteiger partial charge in [0.2, 0.25) is 17.7 Å². The van der Waals surface area contributed by atoms with Crippen LogP contribution in [0.15, 0.2) is 35.3 Å². The summed E-state index contributed by atoms with van der Waals surface area (Å²) in [4.78, 5) is 55.3. The summed E-state index contributed by atoms with van der Waals surface area (Å²) in [7, 11) is 0. The molecule has 192 valence electrons. The Hall–Kier alpha value is -3.67. The average molecular weight is 490 g/mol. The molecule has 2 rings (SSSR count). The van der Waals surface area contributed by atoms with Gasteiger partial charge < -0.3 is 37.8 Å². The van der Waals surface area contributed by atoms with Crippen molar-refractivity contribution in [2.24, 2.45) is 22.2 Å². The fourth-order valence-electron chi connectivity index (χ4n) is 3.89. The third-order valence-corrected chi connectivity index (χ3v) is 5.76. The molecule has 1 saturated heterocycles. The topological polar surface area (TPSA) is 206 Å². The van der Waals surface area contributed by atoms with Crippen molar-refractivity contribution in [3.63, 3.8) is 0 Å². The third-order valence-electron chi connectivity index (χ3n) is 5.76. The number of hydrogen-bond acceptors (Lipinski definition) is 6. The van der Waals surface area contributed by atoms with Gasteiger partial charge in [0, 0.05) is 13.1 Å². The first kappa shape index (κ1) is 27.6. The van der Waals surface area contributed by atoms with Crippen molar-refractivity contribution in [2.45, 2.75) is 63.2 Å². The fraction of sp³-hybridized carbons (Fsp3) is 0.522. The van der Waals surface area contributed by atoms with Gasteiger partial charge in [-0.3, -0.25) is 24.2 Å². The Bertz CT molecular complexity index is 920. The number of nitrogens with one attached hydrogen (secondary N) is 2. The van der Waals surface area contributed by atoms with E-state index >= 15 is 0 Å². The number of benzene rings is 1. The fourth-order valence-corrected chi connectivity index (χ4v) is 3.89. The van der Waals surface area contributed by atoms with Crippen LogP contribution in [0.25, 0.3) is 0 Å². The lowest BCUT2D eigenvalue weighted by atomic mass is 10.0. The minimum absolute atomic E-state index is 0.0958. The minimum atomic E-state index is -1.20. The number of carbonyl (C=O) groups excluding carboxylic acids is 3. The Balaban J connectivity index is 2.06. The van der Waals surface area contributed by atoms with Crippen LogP contribution >= 0.6 is 0 Å². The van der Waals surface area contributed by atoms with Crippen LogP contribution in [0.4, 0.5) is 0 Å². The SMILES string of the molecule is CC(NC(=O)C(CCCN=C(N)N)NC(=O)C1CCCN1C(=O)C(N)Cc1ccccc1)C(=O)O. The Morgan fingerprint density at radius 1 is 1.17 bits per heavy atom. The van der Waals surface area contributed by atoms with E-state index in [0.717, 1.165) is 5.56 Å². The second-order valence-electron chi connectivity index (χ2n) is 8.56. The predicted octanol–water partition coefficient (Wildman–Crippen LogP) is -1.32. The minimum Gasteiger partial charge on any atom is -0.480 e. The summed E-state index contributed by atoms with van der Waals surface area (Å²) in [5.74, 6) is -2.77. The van der Waals surface area contributed by atoms with Crippen LogP contribution in [-0.2, 0) is 25.6 Å². The van der Waals surface area contributed by atoms with E-state index in [1.54, 1.807) is 0 Å². The number of likely N-dealkylation sites (tertiary alicyclic amines) is 1. The van der Waals surface area contributed by atoms with Crippen LogP contribution in [0.5, 0.6) is 0 Å². The van der Waals surface area contributed by atoms with Gasteiger partial charge in [-0.25, -0.2) is 0 Å². The molecule has 12 nitrogen and oxygen atoms in total. The number of carbonyl (C=O) groups is 4. The van der Waals surface area contributed by atoms with Crippen molar-refractivity contribution in [1.29, 1.82) is 0 Å². The smallest absolute Gasteiger partial charge is 0.325 e. The number of carboxylic acid groups (broad SMARTS) is 1. The first-order valence-electron chi connectivity index (χ1n) is 11.6. The first-order valence-corrected chi connectivity index (χ1v) is 11.6. The number of carboxylic acids is 1. The van der Waals surface area contributed by atoms with Crippen molar-refractivity contribution in [2.75, 3.05) is 13.1 Å². The van der Waals surface area contributed by atoms with Gasteiger partial charge in [0.05, 0.1) is 6.04 Å². The van der Waals surface area contributed by atoms with Crippen LogP contribution in [0.3, 0.4) is 0 Å². The van der Waals surface area contributed by atoms with Gasteiger partial charge in [0.1, 0.15) is 18.1 Å². The summed E-state index contributed by atoms with van der Waals surface area (Å²) in [6.07, 6.45) is 1.94. The highest BCUT2D eigenvalue weighted by atomic mass is 16.4. The zero-order chi connectivity index (χ0) is 26.0. The van der Waals surface area contributed by atoms with Gasteiger partial charge in [-0.15, -0.1) is 0 Å². The highest BCUT2D eigenvalue weighted by Gasteiger charge is 2.37. The third kappa shape index (κ3) is 8.56. The van der Waals surface area contributed by atoms with Crippen molar-refractivity contribution < 1.29 is 24.3 Å². The van der Waals surface area contributed by atoms with E-state index in [-0.39, 0.29) is 24.8 Å². The molecule has 0 aliphatic carbocycles. The van der Waals surface area contributed by atoms with E-state index in [1.807, 2.05) is 30.3 Å². The van der Waals surface area contributed by atoms with Crippen LogP contribution in [0, 0.1) is 0 Å². The van der Waals surface area contributed by atoms with Gasteiger partial charge in [0.25, 0.3) is 0 Å². The van der Waals surface area contributed by atoms with E-state index in [1.165, 1.54) is 11.8 Å². The standard InChI is InChI=1S/C23H35N7O5/c1-14(22(34)35)28-19(31)17(9-5-11-27-23(25)26)29-20(32)18-10-6-12-30(18)21(33)16(24)13-15-7-3-2-4-8-15/h2-4,7-8,14,16-18H,5-6,9-13,24H2,1H3,(H,28,31)(H,29,32)(H,34,35)(H4,25,26,27). The van der Waals surface area contributed by atoms with Gasteiger partial charge in [-0.2, -0.15) is 0 Å². The van der Waals surface area contributed by atoms with Crippen LogP contribution in [0.2, 0.25) is 0 Å². The number of nitrogens with two attached hydrogens (primary N) is 3. The molecule has 1 aromatic rings. The molecule has 1 aliphatic rings. The molecule has 0 saturated carbocycles. The van der Waals surface area contributed by atoms with Crippen LogP contribution in [0.1, 0.15) is 38.2 Å². The predicted molar refractivity (Wildman–Crippen MR) is 130 cm³/mol. The monoisotopic (exact) mass is 489 g/mol. The molecule has 4 atom stereocenters. The Morgan fingerprint density at radius 3 is 2.49 bits per heavy atom. The number of aliphatic carboxylic acids is 1. The van der Waals surface area contributed by atoms with Gasteiger partial charge in [-0.1, -0.05) is 30.3 Å². The van der Waals surface area contributed by atoms with Crippen molar-refractivity contribution in [3.8, 4) is 0 Å². The summed E-state index contributed by atoms with van der Waals surface area (Å²) in [6.45, 7) is 1.94. The molecular formula is C23H35N7O5. The molecular weight excluding hydrogens is 454 g/mol. The molecule has 1 aromatic carbocycles. The molecule has 1 aliphatic heterocycles. The molecule has 0 spiro atoms. The zero-order valence-electron chi connectivity index (χ0n) is 19.9. The maximum atomic E-state index is 13.1. The van der Waals surface area contributed by atoms with E-state index in [9.17, 15) is 19.2 Å². The number of nitrogens with zero attached hydrogens (tertiary/aromatic N) is 2. The Labute approximate surface area is 204 Å². The maximum absolute atomic E-state index is 13.1. The second-order valence-corrected chi connectivity index (χ2v) is 8.56. The number of rotatable bonds is 12. The van der Waals surface area contributed by atoms with Crippen molar-refractivity contribution >= 4 is 29.7 Å². The number of aliphatic imine (C=N–C) groups is 1. The largest absolute Gasteiger partial charge is 0.480 e. The number of guanidine groups is 1. The van der Waals surface area contributed by atoms with Crippen molar-refractivity contribution in [3.05, 3.63) is 35.9 Å². The molecule has 1 heterocycles. The molecule has 3 amide bonds. The molecule has 0 bridgehead atoms. The van der Waals surface area contributed by atoms with Crippen LogP contribution < -0.4 is 27.8 Å². The highest BCUT2D eigenvalue weighted by Crippen LogP contribution is 2.19. The van der Waals surface area contributed by atoms with Gasteiger partial charge >= 0.3 is 5.97 Å². The lowest BCUT2D eigenvalue weighted by Gasteiger charge is -2.28. The lowest BCUT2D eigenvalue weighted by molar-refractivity contribution is -0.142. The quantitative estimate of drug-likeness (QED) is 0.118. The zero-order valence-corrected chi connectivity index (χ0v) is 19.9. The molecule has 1 fully saturated rings. The normalized spacial score (nSPS) is 17.7. The Kier molecular flexibility index (Phi) is 10.5. The van der Waals surface area contributed by atoms with E-state index in [0.29, 0.717) is 32.2 Å². The second kappa shape index (κ2) is 13.3. The first-order chi connectivity index (χ1) is 16.6. The molecule has 9 N–H and O–H groups in total. The maximum Gasteiger partial charge on any atom is 0.325 e. The number of amides is 3. The van der Waals surface area contributed by atoms with Crippen LogP contribution in [-0.4, -0.2) is 76.9 Å². The Morgan fingerprint density at radius 2 is 1.86 bits per heavy atom. The van der Waals surface area contributed by atoms with E-state index < -0.39 is 42.0 Å². The molecule has 0 aromatic heterocycles. The lowest BCUT2D eigenvalue weighted by Crippen LogP contribution is -2.56. The summed E-state index contributed by atoms with van der Waals surface area (Å²) < 4.78 is 0. The highest BCUT2D eigenvalue weighted by molar-refractivity contribution is 5.94. The van der Waals surface area contributed by atoms with Crippen molar-refractivity contribution in [1.82, 2.24) is 15.5 Å².